The summed E-state index contributed by atoms with van der Waals surface area (Å²) in [5.41, 5.74) is 0. The summed E-state index contributed by atoms with van der Waals surface area (Å²) >= 11 is 0. The molecule has 4 heteroatoms. The Morgan fingerprint density at radius 3 is 2.93 bits per heavy atom. The van der Waals surface area contributed by atoms with Crippen LogP contribution in [0.25, 0.3) is 0 Å². The maximum absolute atomic E-state index is 12.0. The van der Waals surface area contributed by atoms with Crippen molar-refractivity contribution in [3.63, 3.8) is 0 Å². The summed E-state index contributed by atoms with van der Waals surface area (Å²) in [6.45, 7) is 4.15. The minimum atomic E-state index is -0.0163. The molecule has 15 heavy (non-hydrogen) atoms. The minimum absolute atomic E-state index is 0.0163. The predicted molar refractivity (Wildman–Crippen MR) is 58.1 cm³/mol. The lowest BCUT2D eigenvalue weighted by Gasteiger charge is -2.28. The van der Waals surface area contributed by atoms with Crippen LogP contribution >= 0.6 is 0 Å². The van der Waals surface area contributed by atoms with E-state index in [9.17, 15) is 4.79 Å². The van der Waals surface area contributed by atoms with E-state index in [-0.39, 0.29) is 11.9 Å². The van der Waals surface area contributed by atoms with Crippen molar-refractivity contribution in [2.45, 2.75) is 38.6 Å². The molecule has 1 atom stereocenters. The molecule has 0 saturated carbocycles. The molecule has 0 bridgehead atoms. The Morgan fingerprint density at radius 2 is 2.40 bits per heavy atom. The molecule has 1 N–H and O–H groups in total. The summed E-state index contributed by atoms with van der Waals surface area (Å²) in [6, 6.07) is 2.06. The molecule has 0 aromatic carbocycles. The van der Waals surface area contributed by atoms with E-state index in [0.29, 0.717) is 19.5 Å². The number of hydrogen-bond acceptors (Lipinski definition) is 3. The van der Waals surface area contributed by atoms with E-state index in [2.05, 4.69) is 11.4 Å². The molecule has 1 heterocycles. The lowest BCUT2D eigenvalue weighted by atomic mass is 10.0. The normalized spacial score (nSPS) is 20.7. The molecule has 1 aliphatic heterocycles. The third-order valence-electron chi connectivity index (χ3n) is 2.80. The number of rotatable bonds is 4. The number of carbonyl (C=O) groups excluding carboxylic acids is 1. The standard InChI is InChI=1S/C11H19N3O/c1-2-14(9-5-7-12)11(15)10-6-3-4-8-13-10/h10,13H,2-6,8-9H2,1H3. The van der Waals surface area contributed by atoms with Crippen LogP contribution in [0.2, 0.25) is 0 Å². The Bertz CT molecular complexity index is 241. The Morgan fingerprint density at radius 1 is 1.60 bits per heavy atom. The first-order valence-corrected chi connectivity index (χ1v) is 5.68. The van der Waals surface area contributed by atoms with Gasteiger partial charge in [-0.25, -0.2) is 0 Å². The second-order valence-electron chi connectivity index (χ2n) is 3.83. The molecular formula is C11H19N3O. The van der Waals surface area contributed by atoms with E-state index in [0.717, 1.165) is 25.8 Å². The van der Waals surface area contributed by atoms with Crippen molar-refractivity contribution in [1.29, 1.82) is 5.26 Å². The van der Waals surface area contributed by atoms with Crippen LogP contribution in [0, 0.1) is 11.3 Å². The number of carbonyl (C=O) groups is 1. The van der Waals surface area contributed by atoms with Gasteiger partial charge in [-0.1, -0.05) is 6.42 Å². The highest BCUT2D eigenvalue weighted by Crippen LogP contribution is 2.10. The van der Waals surface area contributed by atoms with Crippen LogP contribution in [0.1, 0.15) is 32.6 Å². The first-order valence-electron chi connectivity index (χ1n) is 5.68. The lowest BCUT2D eigenvalue weighted by Crippen LogP contribution is -2.48. The molecule has 1 amide bonds. The highest BCUT2D eigenvalue weighted by molar-refractivity contribution is 5.82. The van der Waals surface area contributed by atoms with Crippen molar-refractivity contribution in [3.05, 3.63) is 0 Å². The molecule has 1 fully saturated rings. The van der Waals surface area contributed by atoms with E-state index < -0.39 is 0 Å². The Labute approximate surface area is 91.2 Å². The molecular weight excluding hydrogens is 190 g/mol. The van der Waals surface area contributed by atoms with Crippen LogP contribution in [-0.4, -0.2) is 36.5 Å². The first kappa shape index (κ1) is 12.0. The van der Waals surface area contributed by atoms with Crippen LogP contribution < -0.4 is 5.32 Å². The molecule has 1 rings (SSSR count). The fraction of sp³-hybridized carbons (Fsp3) is 0.818. The molecule has 0 aromatic rings. The largest absolute Gasteiger partial charge is 0.341 e. The van der Waals surface area contributed by atoms with Gasteiger partial charge < -0.3 is 10.2 Å². The Hall–Kier alpha value is -1.08. The van der Waals surface area contributed by atoms with E-state index in [1.165, 1.54) is 0 Å². The monoisotopic (exact) mass is 209 g/mol. The fourth-order valence-corrected chi connectivity index (χ4v) is 1.89. The van der Waals surface area contributed by atoms with E-state index in [1.54, 1.807) is 4.90 Å². The van der Waals surface area contributed by atoms with Gasteiger partial charge in [-0.15, -0.1) is 0 Å². The van der Waals surface area contributed by atoms with Gasteiger partial charge in [0.25, 0.3) is 0 Å². The van der Waals surface area contributed by atoms with Gasteiger partial charge in [-0.05, 0) is 26.3 Å². The van der Waals surface area contributed by atoms with Gasteiger partial charge in [-0.3, -0.25) is 4.79 Å². The van der Waals surface area contributed by atoms with Gasteiger partial charge in [0.05, 0.1) is 18.5 Å². The van der Waals surface area contributed by atoms with Crippen LogP contribution in [0.5, 0.6) is 0 Å². The van der Waals surface area contributed by atoms with Crippen LogP contribution in [-0.2, 0) is 4.79 Å². The van der Waals surface area contributed by atoms with Crippen molar-refractivity contribution in [1.82, 2.24) is 10.2 Å². The van der Waals surface area contributed by atoms with Gasteiger partial charge in [-0.2, -0.15) is 5.26 Å². The number of nitrogens with zero attached hydrogens (tertiary/aromatic N) is 2. The maximum Gasteiger partial charge on any atom is 0.239 e. The van der Waals surface area contributed by atoms with Crippen LogP contribution in [0.15, 0.2) is 0 Å². The zero-order valence-electron chi connectivity index (χ0n) is 9.33. The summed E-state index contributed by atoms with van der Waals surface area (Å²) in [4.78, 5) is 13.8. The number of amides is 1. The number of likely N-dealkylation sites (N-methyl/N-ethyl adjacent to an activating group) is 1. The number of piperidine rings is 1. The highest BCUT2D eigenvalue weighted by atomic mass is 16.2. The third-order valence-corrected chi connectivity index (χ3v) is 2.80. The smallest absolute Gasteiger partial charge is 0.239 e. The van der Waals surface area contributed by atoms with E-state index >= 15 is 0 Å². The Balaban J connectivity index is 2.44. The fourth-order valence-electron chi connectivity index (χ4n) is 1.89. The average molecular weight is 209 g/mol. The SMILES string of the molecule is CCN(CCC#N)C(=O)C1CCCCN1. The second kappa shape index (κ2) is 6.41. The molecule has 4 nitrogen and oxygen atoms in total. The number of hydrogen-bond donors (Lipinski definition) is 1. The number of nitrogens with one attached hydrogen (secondary N) is 1. The molecule has 0 aromatic heterocycles. The van der Waals surface area contributed by atoms with Crippen molar-refractivity contribution >= 4 is 5.91 Å². The number of nitriles is 1. The summed E-state index contributed by atoms with van der Waals surface area (Å²) in [6.07, 6.45) is 3.64. The summed E-state index contributed by atoms with van der Waals surface area (Å²) in [5, 5.41) is 11.7. The maximum atomic E-state index is 12.0. The lowest BCUT2D eigenvalue weighted by molar-refractivity contribution is -0.133. The molecule has 84 valence electrons. The molecule has 0 spiro atoms. The van der Waals surface area contributed by atoms with E-state index in [4.69, 9.17) is 5.26 Å². The zero-order valence-corrected chi connectivity index (χ0v) is 9.33. The highest BCUT2D eigenvalue weighted by Gasteiger charge is 2.24. The molecule has 1 aliphatic rings. The van der Waals surface area contributed by atoms with Crippen LogP contribution in [0.4, 0.5) is 0 Å². The van der Waals surface area contributed by atoms with E-state index in [1.807, 2.05) is 6.92 Å². The zero-order chi connectivity index (χ0) is 11.1. The molecule has 1 unspecified atom stereocenters. The van der Waals surface area contributed by atoms with Crippen LogP contribution in [0.3, 0.4) is 0 Å². The van der Waals surface area contributed by atoms with Crippen molar-refractivity contribution in [2.24, 2.45) is 0 Å². The molecule has 1 saturated heterocycles. The quantitative estimate of drug-likeness (QED) is 0.748. The average Bonchev–Trinajstić information content (AvgIpc) is 2.31. The van der Waals surface area contributed by atoms with Crippen molar-refractivity contribution in [3.8, 4) is 6.07 Å². The topological polar surface area (TPSA) is 56.1 Å². The third kappa shape index (κ3) is 3.52. The molecule has 0 radical (unpaired) electrons. The Kier molecular flexibility index (Phi) is 5.13. The summed E-state index contributed by atoms with van der Waals surface area (Å²) in [5.74, 6) is 0.160. The molecule has 0 aliphatic carbocycles. The summed E-state index contributed by atoms with van der Waals surface area (Å²) in [7, 11) is 0. The van der Waals surface area contributed by atoms with Gasteiger partial charge in [0.1, 0.15) is 0 Å². The van der Waals surface area contributed by atoms with Gasteiger partial charge >= 0.3 is 0 Å². The van der Waals surface area contributed by atoms with Gasteiger partial charge in [0, 0.05) is 13.1 Å². The summed E-state index contributed by atoms with van der Waals surface area (Å²) < 4.78 is 0. The predicted octanol–water partition coefficient (Wildman–Crippen LogP) is 0.891. The minimum Gasteiger partial charge on any atom is -0.341 e. The van der Waals surface area contributed by atoms with Gasteiger partial charge in [0.2, 0.25) is 5.91 Å². The van der Waals surface area contributed by atoms with Gasteiger partial charge in [0.15, 0.2) is 0 Å². The van der Waals surface area contributed by atoms with Crippen molar-refractivity contribution in [2.75, 3.05) is 19.6 Å². The second-order valence-corrected chi connectivity index (χ2v) is 3.83. The van der Waals surface area contributed by atoms with Crippen molar-refractivity contribution < 1.29 is 4.79 Å². The first-order chi connectivity index (χ1) is 7.29.